The molecule has 10 heteroatoms. The molecule has 4 amide bonds. The van der Waals surface area contributed by atoms with Crippen LogP contribution >= 0.6 is 0 Å². The zero-order valence-corrected chi connectivity index (χ0v) is 19.9. The number of benzene rings is 2. The number of rotatable bonds is 5. The second kappa shape index (κ2) is 10.2. The fraction of sp³-hybridized carbons (Fsp3) is 0.0741. The molecular weight excluding hydrogens is 476 g/mol. The van der Waals surface area contributed by atoms with E-state index in [9.17, 15) is 29.1 Å². The van der Waals surface area contributed by atoms with Gasteiger partial charge in [-0.2, -0.15) is 0 Å². The monoisotopic (exact) mass is 498 g/mol. The number of aromatic amines is 1. The first-order valence-corrected chi connectivity index (χ1v) is 11.1. The Morgan fingerprint density at radius 2 is 1.38 bits per heavy atom. The molecule has 1 aromatic heterocycles. The topological polar surface area (TPSA) is 142 Å². The van der Waals surface area contributed by atoms with E-state index >= 15 is 0 Å². The van der Waals surface area contributed by atoms with Crippen molar-refractivity contribution in [2.45, 2.75) is 13.8 Å². The van der Waals surface area contributed by atoms with E-state index in [0.29, 0.717) is 11.4 Å². The van der Waals surface area contributed by atoms with Crippen molar-refractivity contribution in [3.8, 4) is 11.6 Å². The number of nitrogens with one attached hydrogen (secondary N) is 2. The number of allylic oxidation sites excluding steroid dienone is 4. The van der Waals surface area contributed by atoms with Gasteiger partial charge in [-0.1, -0.05) is 53.6 Å². The van der Waals surface area contributed by atoms with Crippen molar-refractivity contribution in [3.63, 3.8) is 0 Å². The summed E-state index contributed by atoms with van der Waals surface area (Å²) in [5.74, 6) is -2.17. The number of aromatic hydroxyl groups is 1. The fourth-order valence-corrected chi connectivity index (χ4v) is 3.60. The van der Waals surface area contributed by atoms with Crippen LogP contribution in [0.1, 0.15) is 16.7 Å². The van der Waals surface area contributed by atoms with Gasteiger partial charge < -0.3 is 5.11 Å². The van der Waals surface area contributed by atoms with Gasteiger partial charge in [0, 0.05) is 0 Å². The van der Waals surface area contributed by atoms with E-state index in [1.54, 1.807) is 48.5 Å². The van der Waals surface area contributed by atoms with Crippen molar-refractivity contribution < 1.29 is 19.5 Å². The standard InChI is InChI=1S/C27H22N4O6/c1-16-8-12-18(13-9-16)30-24(34)20(22(32)28-26(30)36)6-4-3-5-7-21-23(33)29-27(37)31(25(21)35)19-14-10-17(2)11-15-19/h3-15,34H,1-2H3,(H,28,32,36)(H,29,33,37)/b5-3+,6-4+,21-7+. The Labute approximate surface area is 210 Å². The zero-order valence-electron chi connectivity index (χ0n) is 19.9. The molecule has 0 bridgehead atoms. The van der Waals surface area contributed by atoms with Gasteiger partial charge in [0.15, 0.2) is 0 Å². The van der Waals surface area contributed by atoms with Gasteiger partial charge in [-0.25, -0.2) is 19.1 Å². The number of aryl methyl sites for hydroxylation is 2. The van der Waals surface area contributed by atoms with Gasteiger partial charge in [0.2, 0.25) is 5.88 Å². The number of carbonyl (C=O) groups is 3. The summed E-state index contributed by atoms with van der Waals surface area (Å²) < 4.78 is 0.966. The predicted molar refractivity (Wildman–Crippen MR) is 138 cm³/mol. The molecule has 0 atom stereocenters. The SMILES string of the molecule is Cc1ccc(N2C(=O)NC(=O)\C(=C/C=C/C=C/c3c(O)n(-c4ccc(C)cc4)c(=O)[nH]c3=O)C2=O)cc1. The average Bonchev–Trinajstić information content (AvgIpc) is 2.84. The van der Waals surface area contributed by atoms with Crippen LogP contribution in [0.15, 0.2) is 88.0 Å². The largest absolute Gasteiger partial charge is 0.494 e. The van der Waals surface area contributed by atoms with Crippen molar-refractivity contribution >= 4 is 29.6 Å². The molecule has 4 rings (SSSR count). The highest BCUT2D eigenvalue weighted by Crippen LogP contribution is 2.21. The molecule has 2 aromatic carbocycles. The Morgan fingerprint density at radius 3 is 2.00 bits per heavy atom. The number of imide groups is 2. The molecule has 10 nitrogen and oxygen atoms in total. The van der Waals surface area contributed by atoms with Crippen LogP contribution in [0.3, 0.4) is 0 Å². The van der Waals surface area contributed by atoms with Crippen molar-refractivity contribution in [1.29, 1.82) is 0 Å². The molecule has 37 heavy (non-hydrogen) atoms. The second-order valence-corrected chi connectivity index (χ2v) is 8.23. The molecule has 1 aliphatic heterocycles. The summed E-state index contributed by atoms with van der Waals surface area (Å²) in [4.78, 5) is 64.9. The van der Waals surface area contributed by atoms with Gasteiger partial charge in [0.25, 0.3) is 17.4 Å². The Bertz CT molecular complexity index is 1610. The predicted octanol–water partition coefficient (Wildman–Crippen LogP) is 2.63. The van der Waals surface area contributed by atoms with E-state index < -0.39 is 35.0 Å². The van der Waals surface area contributed by atoms with Crippen LogP contribution in [0.25, 0.3) is 11.8 Å². The molecule has 2 heterocycles. The number of H-pyrrole nitrogens is 1. The third-order valence-electron chi connectivity index (χ3n) is 5.55. The van der Waals surface area contributed by atoms with E-state index in [1.165, 1.54) is 30.4 Å². The van der Waals surface area contributed by atoms with Crippen molar-refractivity contribution in [2.75, 3.05) is 4.90 Å². The maximum absolute atomic E-state index is 12.8. The number of anilines is 1. The van der Waals surface area contributed by atoms with E-state index in [2.05, 4.69) is 10.3 Å². The third-order valence-corrected chi connectivity index (χ3v) is 5.55. The van der Waals surface area contributed by atoms with Crippen LogP contribution in [0.2, 0.25) is 0 Å². The molecule has 0 radical (unpaired) electrons. The lowest BCUT2D eigenvalue weighted by Gasteiger charge is -2.26. The minimum atomic E-state index is -0.849. The third kappa shape index (κ3) is 5.08. The molecule has 1 fully saturated rings. The molecule has 0 unspecified atom stereocenters. The molecule has 0 spiro atoms. The van der Waals surface area contributed by atoms with Crippen LogP contribution < -0.4 is 21.5 Å². The molecule has 3 aromatic rings. The number of hydrogen-bond acceptors (Lipinski definition) is 6. The molecule has 0 aliphatic carbocycles. The number of aromatic nitrogens is 2. The molecule has 0 saturated carbocycles. The molecular formula is C27H22N4O6. The van der Waals surface area contributed by atoms with Crippen LogP contribution in [-0.2, 0) is 9.59 Å². The lowest BCUT2D eigenvalue weighted by molar-refractivity contribution is -0.122. The van der Waals surface area contributed by atoms with Crippen LogP contribution in [-0.4, -0.2) is 32.5 Å². The minimum Gasteiger partial charge on any atom is -0.494 e. The maximum Gasteiger partial charge on any atom is 0.335 e. The summed E-state index contributed by atoms with van der Waals surface area (Å²) >= 11 is 0. The first kappa shape index (κ1) is 24.9. The normalized spacial score (nSPS) is 15.2. The highest BCUT2D eigenvalue weighted by Gasteiger charge is 2.36. The summed E-state index contributed by atoms with van der Waals surface area (Å²) in [6, 6.07) is 12.6. The van der Waals surface area contributed by atoms with E-state index in [-0.39, 0.29) is 11.1 Å². The first-order valence-electron chi connectivity index (χ1n) is 11.1. The van der Waals surface area contributed by atoms with Crippen LogP contribution in [0.4, 0.5) is 10.5 Å². The van der Waals surface area contributed by atoms with Crippen LogP contribution in [0, 0.1) is 13.8 Å². The maximum atomic E-state index is 12.8. The van der Waals surface area contributed by atoms with Crippen molar-refractivity contribution in [3.05, 3.63) is 116 Å². The van der Waals surface area contributed by atoms with Gasteiger partial charge >= 0.3 is 11.7 Å². The lowest BCUT2D eigenvalue weighted by atomic mass is 10.1. The average molecular weight is 498 g/mol. The van der Waals surface area contributed by atoms with E-state index in [1.807, 2.05) is 13.8 Å². The molecule has 186 valence electrons. The highest BCUT2D eigenvalue weighted by atomic mass is 16.3. The van der Waals surface area contributed by atoms with E-state index in [0.717, 1.165) is 20.6 Å². The van der Waals surface area contributed by atoms with Crippen molar-refractivity contribution in [2.24, 2.45) is 0 Å². The second-order valence-electron chi connectivity index (χ2n) is 8.23. The summed E-state index contributed by atoms with van der Waals surface area (Å²) in [6.07, 6.45) is 6.68. The van der Waals surface area contributed by atoms with Gasteiger partial charge in [-0.15, -0.1) is 0 Å². The van der Waals surface area contributed by atoms with E-state index in [4.69, 9.17) is 0 Å². The number of urea groups is 1. The Hall–Kier alpha value is -5.25. The van der Waals surface area contributed by atoms with Gasteiger partial charge in [-0.05, 0) is 50.3 Å². The molecule has 1 aliphatic rings. The zero-order chi connectivity index (χ0) is 26.7. The van der Waals surface area contributed by atoms with Crippen LogP contribution in [0.5, 0.6) is 5.88 Å². The number of barbiturate groups is 1. The summed E-state index contributed by atoms with van der Waals surface area (Å²) in [6.45, 7) is 3.73. The molecule has 3 N–H and O–H groups in total. The first-order chi connectivity index (χ1) is 17.7. The minimum absolute atomic E-state index is 0.167. The smallest absolute Gasteiger partial charge is 0.335 e. The number of hydrogen-bond donors (Lipinski definition) is 3. The highest BCUT2D eigenvalue weighted by molar-refractivity contribution is 6.37. The van der Waals surface area contributed by atoms with Gasteiger partial charge in [0.1, 0.15) is 11.1 Å². The quantitative estimate of drug-likeness (QED) is 0.281. The Morgan fingerprint density at radius 1 is 0.784 bits per heavy atom. The Kier molecular flexibility index (Phi) is 6.83. The van der Waals surface area contributed by atoms with Gasteiger partial charge in [0.05, 0.1) is 11.4 Å². The summed E-state index contributed by atoms with van der Waals surface area (Å²) in [5.41, 5.74) is 0.563. The Balaban J connectivity index is 1.59. The lowest BCUT2D eigenvalue weighted by Crippen LogP contribution is -2.54. The van der Waals surface area contributed by atoms with Crippen molar-refractivity contribution in [1.82, 2.24) is 14.9 Å². The summed E-state index contributed by atoms with van der Waals surface area (Å²) in [7, 11) is 0. The fourth-order valence-electron chi connectivity index (χ4n) is 3.60. The van der Waals surface area contributed by atoms with Gasteiger partial charge in [-0.3, -0.25) is 24.7 Å². The summed E-state index contributed by atoms with van der Waals surface area (Å²) in [5, 5.41) is 12.7. The molecule has 1 saturated heterocycles. The number of nitrogens with zero attached hydrogens (tertiary/aromatic N) is 2. The number of amides is 4. The number of carbonyl (C=O) groups excluding carboxylic acids is 3.